The Labute approximate surface area is 136 Å². The minimum Gasteiger partial charge on any atom is -0.367 e. The van der Waals surface area contributed by atoms with Crippen molar-refractivity contribution < 1.29 is 0 Å². The average Bonchev–Trinajstić information content (AvgIpc) is 2.55. The van der Waals surface area contributed by atoms with Crippen molar-refractivity contribution in [2.75, 3.05) is 36.5 Å². The lowest BCUT2D eigenvalue weighted by atomic mass is 9.80. The summed E-state index contributed by atoms with van der Waals surface area (Å²) in [6.07, 6.45) is 9.97. The number of halogens is 1. The van der Waals surface area contributed by atoms with Crippen molar-refractivity contribution >= 4 is 29.2 Å². The van der Waals surface area contributed by atoms with E-state index in [1.54, 1.807) is 12.4 Å². The molecule has 0 unspecified atom stereocenters. The van der Waals surface area contributed by atoms with Crippen molar-refractivity contribution in [1.29, 1.82) is 0 Å². The van der Waals surface area contributed by atoms with E-state index < -0.39 is 0 Å². The maximum absolute atomic E-state index is 5.92. The van der Waals surface area contributed by atoms with Gasteiger partial charge in [-0.15, -0.1) is 0 Å². The van der Waals surface area contributed by atoms with Gasteiger partial charge in [0.05, 0.1) is 12.4 Å². The lowest BCUT2D eigenvalue weighted by molar-refractivity contribution is 0.0706. The predicted molar refractivity (Wildman–Crippen MR) is 90.2 cm³/mol. The summed E-state index contributed by atoms with van der Waals surface area (Å²) >= 11 is 8.00. The molecule has 2 heterocycles. The molecule has 0 radical (unpaired) electrons. The Hall–Kier alpha value is -0.520. The molecule has 1 aromatic heterocycles. The third-order valence-corrected chi connectivity index (χ3v) is 5.79. The molecule has 2 fully saturated rings. The van der Waals surface area contributed by atoms with Crippen LogP contribution in [0.2, 0.25) is 5.15 Å². The fourth-order valence-corrected chi connectivity index (χ4v) is 4.59. The second-order valence-corrected chi connectivity index (χ2v) is 7.58. The first kappa shape index (κ1) is 15.4. The molecule has 0 bridgehead atoms. The van der Waals surface area contributed by atoms with Crippen LogP contribution in [0.5, 0.6) is 0 Å². The van der Waals surface area contributed by atoms with Crippen molar-refractivity contribution in [3.8, 4) is 0 Å². The fourth-order valence-electron chi connectivity index (χ4n) is 3.53. The number of hydrogen-bond acceptors (Lipinski definition) is 5. The maximum Gasteiger partial charge on any atom is 0.149 e. The first-order valence-corrected chi connectivity index (χ1v) is 9.36. The Bertz CT molecular complexity index is 459. The molecule has 4 nitrogen and oxygen atoms in total. The van der Waals surface area contributed by atoms with Gasteiger partial charge in [-0.25, -0.2) is 4.98 Å². The minimum atomic E-state index is 0.295. The summed E-state index contributed by atoms with van der Waals surface area (Å²) in [5, 5.41) is 3.94. The summed E-state index contributed by atoms with van der Waals surface area (Å²) in [5.74, 6) is 3.32. The molecule has 1 aliphatic heterocycles. The van der Waals surface area contributed by atoms with Gasteiger partial charge >= 0.3 is 0 Å². The first-order chi connectivity index (χ1) is 10.3. The molecule has 0 aromatic carbocycles. The van der Waals surface area contributed by atoms with E-state index in [2.05, 4.69) is 31.9 Å². The third kappa shape index (κ3) is 3.82. The summed E-state index contributed by atoms with van der Waals surface area (Å²) in [6, 6.07) is 0. The second-order valence-electron chi connectivity index (χ2n) is 5.97. The van der Waals surface area contributed by atoms with Crippen molar-refractivity contribution in [3.05, 3.63) is 17.5 Å². The highest BCUT2D eigenvalue weighted by atomic mass is 35.5. The van der Waals surface area contributed by atoms with Crippen LogP contribution in [0.3, 0.4) is 0 Å². The molecule has 0 amide bonds. The largest absolute Gasteiger partial charge is 0.367 e. The predicted octanol–water partition coefficient (Wildman–Crippen LogP) is 3.29. The van der Waals surface area contributed by atoms with Crippen LogP contribution in [0.1, 0.15) is 32.1 Å². The van der Waals surface area contributed by atoms with Crippen LogP contribution >= 0.6 is 23.4 Å². The Kier molecular flexibility index (Phi) is 5.24. The van der Waals surface area contributed by atoms with E-state index in [4.69, 9.17) is 11.6 Å². The zero-order valence-electron chi connectivity index (χ0n) is 12.4. The van der Waals surface area contributed by atoms with Crippen molar-refractivity contribution in [2.24, 2.45) is 0 Å². The lowest BCUT2D eigenvalue weighted by Gasteiger charge is -2.48. The molecular formula is C15H23ClN4S. The molecule has 1 aliphatic carbocycles. The number of rotatable bonds is 4. The van der Waals surface area contributed by atoms with Crippen molar-refractivity contribution in [1.82, 2.24) is 14.9 Å². The second kappa shape index (κ2) is 7.16. The van der Waals surface area contributed by atoms with E-state index in [-0.39, 0.29) is 0 Å². The molecular weight excluding hydrogens is 304 g/mol. The van der Waals surface area contributed by atoms with Crippen LogP contribution in [0.25, 0.3) is 0 Å². The molecule has 2 aliphatic rings. The summed E-state index contributed by atoms with van der Waals surface area (Å²) in [6.45, 7) is 3.38. The Morgan fingerprint density at radius 3 is 2.67 bits per heavy atom. The zero-order chi connectivity index (χ0) is 14.5. The topological polar surface area (TPSA) is 41.1 Å². The van der Waals surface area contributed by atoms with Crippen LogP contribution in [-0.2, 0) is 0 Å². The van der Waals surface area contributed by atoms with Gasteiger partial charge in [-0.05, 0) is 12.8 Å². The minimum absolute atomic E-state index is 0.295. The van der Waals surface area contributed by atoms with Gasteiger partial charge in [-0.2, -0.15) is 11.8 Å². The van der Waals surface area contributed by atoms with E-state index in [1.165, 1.54) is 56.7 Å². The van der Waals surface area contributed by atoms with Gasteiger partial charge in [-0.1, -0.05) is 30.9 Å². The van der Waals surface area contributed by atoms with Gasteiger partial charge < -0.3 is 5.32 Å². The fraction of sp³-hybridized carbons (Fsp3) is 0.733. The Morgan fingerprint density at radius 1 is 1.19 bits per heavy atom. The highest BCUT2D eigenvalue weighted by molar-refractivity contribution is 7.99. The number of anilines is 1. The number of nitrogens with zero attached hydrogens (tertiary/aromatic N) is 3. The van der Waals surface area contributed by atoms with E-state index >= 15 is 0 Å². The van der Waals surface area contributed by atoms with Crippen LogP contribution in [-0.4, -0.2) is 51.5 Å². The Balaban J connectivity index is 1.69. The van der Waals surface area contributed by atoms with Crippen LogP contribution < -0.4 is 5.32 Å². The normalized spacial score (nSPS) is 22.9. The molecule has 1 N–H and O–H groups in total. The number of thioether (sulfide) groups is 1. The van der Waals surface area contributed by atoms with Crippen LogP contribution in [0, 0.1) is 0 Å². The van der Waals surface area contributed by atoms with Gasteiger partial charge in [0.2, 0.25) is 0 Å². The van der Waals surface area contributed by atoms with Crippen molar-refractivity contribution in [3.63, 3.8) is 0 Å². The lowest BCUT2D eigenvalue weighted by Crippen LogP contribution is -2.57. The van der Waals surface area contributed by atoms with Gasteiger partial charge in [0.15, 0.2) is 0 Å². The molecule has 1 aromatic rings. The van der Waals surface area contributed by atoms with Gasteiger partial charge in [-0.3, -0.25) is 9.88 Å². The number of aromatic nitrogens is 2. The molecule has 0 spiro atoms. The summed E-state index contributed by atoms with van der Waals surface area (Å²) < 4.78 is 0. The van der Waals surface area contributed by atoms with E-state index in [0.717, 1.165) is 12.4 Å². The van der Waals surface area contributed by atoms with Gasteiger partial charge in [0.25, 0.3) is 0 Å². The molecule has 6 heteroatoms. The maximum atomic E-state index is 5.92. The van der Waals surface area contributed by atoms with Crippen LogP contribution in [0.15, 0.2) is 12.4 Å². The zero-order valence-corrected chi connectivity index (χ0v) is 13.9. The standard InChI is InChI=1S/C15H23ClN4S/c16-13-10-17-11-14(19-13)18-12-15(4-2-1-3-5-15)20-6-8-21-9-7-20/h10-11H,1-9,12H2,(H,18,19). The molecule has 1 saturated carbocycles. The number of hydrogen-bond donors (Lipinski definition) is 1. The van der Waals surface area contributed by atoms with E-state index in [0.29, 0.717) is 10.7 Å². The molecule has 1 saturated heterocycles. The molecule has 0 atom stereocenters. The van der Waals surface area contributed by atoms with Crippen molar-refractivity contribution in [2.45, 2.75) is 37.6 Å². The highest BCUT2D eigenvalue weighted by Gasteiger charge is 2.38. The first-order valence-electron chi connectivity index (χ1n) is 7.83. The monoisotopic (exact) mass is 326 g/mol. The SMILES string of the molecule is Clc1cncc(NCC2(N3CCSCC3)CCCCC2)n1. The Morgan fingerprint density at radius 2 is 1.95 bits per heavy atom. The smallest absolute Gasteiger partial charge is 0.149 e. The number of nitrogens with one attached hydrogen (secondary N) is 1. The molecule has 116 valence electrons. The average molecular weight is 327 g/mol. The van der Waals surface area contributed by atoms with E-state index in [1.807, 2.05) is 0 Å². The third-order valence-electron chi connectivity index (χ3n) is 4.67. The summed E-state index contributed by atoms with van der Waals surface area (Å²) in [5.41, 5.74) is 0.295. The summed E-state index contributed by atoms with van der Waals surface area (Å²) in [7, 11) is 0. The molecule has 3 rings (SSSR count). The van der Waals surface area contributed by atoms with Gasteiger partial charge in [0, 0.05) is 36.7 Å². The summed E-state index contributed by atoms with van der Waals surface area (Å²) in [4.78, 5) is 11.1. The van der Waals surface area contributed by atoms with Crippen LogP contribution in [0.4, 0.5) is 5.82 Å². The molecule has 21 heavy (non-hydrogen) atoms. The van der Waals surface area contributed by atoms with E-state index in [9.17, 15) is 0 Å². The highest BCUT2D eigenvalue weighted by Crippen LogP contribution is 2.35. The van der Waals surface area contributed by atoms with Gasteiger partial charge in [0.1, 0.15) is 11.0 Å². The quantitative estimate of drug-likeness (QED) is 0.919.